The summed E-state index contributed by atoms with van der Waals surface area (Å²) in [5, 5.41) is 32.9. The van der Waals surface area contributed by atoms with Crippen LogP contribution in [0.25, 0.3) is 28.4 Å². The summed E-state index contributed by atoms with van der Waals surface area (Å²) in [4.78, 5) is 25.9. The largest absolute Gasteiger partial charge is 0.389 e. The zero-order valence-corrected chi connectivity index (χ0v) is 18.0. The van der Waals surface area contributed by atoms with Crippen molar-refractivity contribution in [3.05, 3.63) is 42.9 Å². The first-order valence-electron chi connectivity index (χ1n) is 10.7. The molecule has 2 saturated carbocycles. The molecular weight excluding hydrogens is 424 g/mol. The molecule has 0 aliphatic heterocycles. The maximum Gasteiger partial charge on any atom is 0.256 e. The van der Waals surface area contributed by atoms with Crippen molar-refractivity contribution in [1.82, 2.24) is 34.5 Å². The third-order valence-corrected chi connectivity index (χ3v) is 7.06. The number of hydrogen-bond donors (Lipinski definition) is 3. The third kappa shape index (κ3) is 2.69. The highest BCUT2D eigenvalue weighted by molar-refractivity contribution is 5.88. The fourth-order valence-electron chi connectivity index (χ4n) is 5.27. The van der Waals surface area contributed by atoms with E-state index in [0.717, 1.165) is 5.56 Å². The quantitative estimate of drug-likeness (QED) is 0.409. The monoisotopic (exact) mass is 446 g/mol. The molecule has 3 unspecified atom stereocenters. The van der Waals surface area contributed by atoms with Gasteiger partial charge < -0.3 is 20.1 Å². The number of imidazole rings is 1. The van der Waals surface area contributed by atoms with Crippen LogP contribution in [0.2, 0.25) is 0 Å². The van der Waals surface area contributed by atoms with E-state index in [1.54, 1.807) is 24.1 Å². The summed E-state index contributed by atoms with van der Waals surface area (Å²) < 4.78 is 3.23. The van der Waals surface area contributed by atoms with Crippen LogP contribution in [0.1, 0.15) is 19.4 Å². The molecule has 168 valence electrons. The first-order chi connectivity index (χ1) is 16.0. The number of benzene rings is 1. The van der Waals surface area contributed by atoms with Gasteiger partial charge in [-0.05, 0) is 19.3 Å². The molecule has 3 heterocycles. The van der Waals surface area contributed by atoms with Gasteiger partial charge in [0.25, 0.3) is 5.95 Å². The molecule has 4 aromatic rings. The second kappa shape index (κ2) is 6.90. The molecule has 11 heteroatoms. The van der Waals surface area contributed by atoms with E-state index in [1.807, 2.05) is 30.3 Å². The van der Waals surface area contributed by atoms with Gasteiger partial charge in [-0.25, -0.2) is 4.98 Å². The first-order valence-corrected chi connectivity index (χ1v) is 10.7. The maximum atomic E-state index is 12.3. The molecule has 0 amide bonds. The van der Waals surface area contributed by atoms with Crippen molar-refractivity contribution in [3.63, 3.8) is 0 Å². The third-order valence-electron chi connectivity index (χ3n) is 7.06. The van der Waals surface area contributed by atoms with Crippen molar-refractivity contribution in [1.29, 1.82) is 0 Å². The number of fused-ring (bicyclic) bond motifs is 2. The minimum atomic E-state index is -1.11. The SMILES string of the molecule is CNc1nc(-n2cc(-c3ccccc3)nn2)nc2c1ncn2[C@H]1C(O)C(O)[C@]2(C(C)=O)CC12. The van der Waals surface area contributed by atoms with Crippen LogP contribution in [-0.2, 0) is 4.79 Å². The maximum absolute atomic E-state index is 12.3. The van der Waals surface area contributed by atoms with E-state index in [0.29, 0.717) is 29.1 Å². The van der Waals surface area contributed by atoms with Crippen molar-refractivity contribution < 1.29 is 15.0 Å². The summed E-state index contributed by atoms with van der Waals surface area (Å²) in [6.45, 7) is 1.47. The number of carbonyl (C=O) groups excluding carboxylic acids is 1. The Balaban J connectivity index is 1.45. The van der Waals surface area contributed by atoms with E-state index in [4.69, 9.17) is 0 Å². The molecule has 2 fully saturated rings. The molecule has 11 nitrogen and oxygen atoms in total. The molecule has 5 atom stereocenters. The fraction of sp³-hybridized carbons (Fsp3) is 0.364. The van der Waals surface area contributed by atoms with Gasteiger partial charge in [-0.1, -0.05) is 35.5 Å². The molecular formula is C22H22N8O3. The van der Waals surface area contributed by atoms with Crippen molar-refractivity contribution in [3.8, 4) is 17.2 Å². The van der Waals surface area contributed by atoms with Gasteiger partial charge in [0.05, 0.1) is 30.1 Å². The average molecular weight is 446 g/mol. The Morgan fingerprint density at radius 3 is 2.70 bits per heavy atom. The summed E-state index contributed by atoms with van der Waals surface area (Å²) in [5.41, 5.74) is 1.70. The number of Topliss-reactive ketones (excluding diaryl/α,β-unsaturated/α-hetero) is 1. The van der Waals surface area contributed by atoms with Crippen molar-refractivity contribution >= 4 is 22.8 Å². The Labute approximate surface area is 188 Å². The molecule has 3 aromatic heterocycles. The van der Waals surface area contributed by atoms with Crippen molar-refractivity contribution in [2.45, 2.75) is 31.6 Å². The van der Waals surface area contributed by atoms with Crippen LogP contribution in [0.4, 0.5) is 5.82 Å². The van der Waals surface area contributed by atoms with Gasteiger partial charge in [0.15, 0.2) is 17.0 Å². The van der Waals surface area contributed by atoms with Crippen molar-refractivity contribution in [2.75, 3.05) is 12.4 Å². The van der Waals surface area contributed by atoms with E-state index in [9.17, 15) is 15.0 Å². The molecule has 3 N–H and O–H groups in total. The van der Waals surface area contributed by atoms with Crippen LogP contribution < -0.4 is 5.32 Å². The van der Waals surface area contributed by atoms with Gasteiger partial charge in [-0.3, -0.25) is 4.79 Å². The van der Waals surface area contributed by atoms with E-state index >= 15 is 0 Å². The highest BCUT2D eigenvalue weighted by atomic mass is 16.3. The minimum Gasteiger partial charge on any atom is -0.389 e. The fourth-order valence-corrected chi connectivity index (χ4v) is 5.27. The number of aliphatic hydroxyl groups excluding tert-OH is 2. The number of aliphatic hydroxyl groups is 2. The molecule has 33 heavy (non-hydrogen) atoms. The standard InChI is InChI=1S/C22H22N8O3/c1-11(31)22-8-13(22)16(17(32)18(22)33)29-10-24-15-19(23-2)25-21(26-20(15)29)30-9-14(27-28-30)12-6-4-3-5-7-12/h3-7,9-10,13,16-18,32-33H,8H2,1-2H3,(H,23,25,26)/t13?,16-,17?,18?,22+/m1/s1. The van der Waals surface area contributed by atoms with Gasteiger partial charge in [-0.15, -0.1) is 5.10 Å². The summed E-state index contributed by atoms with van der Waals surface area (Å²) in [7, 11) is 1.73. The number of aromatic nitrogens is 7. The lowest BCUT2D eigenvalue weighted by molar-refractivity contribution is -0.128. The predicted molar refractivity (Wildman–Crippen MR) is 117 cm³/mol. The number of nitrogens with one attached hydrogen (secondary N) is 1. The number of anilines is 1. The van der Waals surface area contributed by atoms with Gasteiger partial charge in [0, 0.05) is 12.6 Å². The molecule has 0 saturated heterocycles. The van der Waals surface area contributed by atoms with Gasteiger partial charge in [0.1, 0.15) is 17.6 Å². The van der Waals surface area contributed by atoms with E-state index in [-0.39, 0.29) is 17.6 Å². The Morgan fingerprint density at radius 1 is 1.21 bits per heavy atom. The molecule has 1 aromatic carbocycles. The van der Waals surface area contributed by atoms with Crippen molar-refractivity contribution in [2.24, 2.45) is 11.3 Å². The normalized spacial score (nSPS) is 28.1. The zero-order chi connectivity index (χ0) is 22.9. The molecule has 0 spiro atoms. The van der Waals surface area contributed by atoms with Crippen LogP contribution in [0.15, 0.2) is 42.9 Å². The molecule has 2 aliphatic carbocycles. The topological polar surface area (TPSA) is 144 Å². The number of rotatable bonds is 5. The van der Waals surface area contributed by atoms with Crippen LogP contribution in [0, 0.1) is 11.3 Å². The average Bonchev–Trinajstić information content (AvgIpc) is 3.10. The Hall–Kier alpha value is -3.70. The lowest BCUT2D eigenvalue weighted by Gasteiger charge is -2.23. The van der Waals surface area contributed by atoms with E-state index in [2.05, 4.69) is 30.6 Å². The lowest BCUT2D eigenvalue weighted by Crippen LogP contribution is -2.36. The van der Waals surface area contributed by atoms with Gasteiger partial charge in [-0.2, -0.15) is 14.6 Å². The number of nitrogens with zero attached hydrogens (tertiary/aromatic N) is 7. The van der Waals surface area contributed by atoms with Gasteiger partial charge >= 0.3 is 0 Å². The molecule has 0 radical (unpaired) electrons. The summed E-state index contributed by atoms with van der Waals surface area (Å²) in [6.07, 6.45) is 1.64. The zero-order valence-electron chi connectivity index (χ0n) is 18.0. The number of carbonyl (C=O) groups is 1. The molecule has 0 bridgehead atoms. The highest BCUT2D eigenvalue weighted by Gasteiger charge is 2.74. The predicted octanol–water partition coefficient (Wildman–Crippen LogP) is 0.987. The number of ketones is 1. The van der Waals surface area contributed by atoms with Crippen LogP contribution in [-0.4, -0.2) is 69.8 Å². The molecule has 2 aliphatic rings. The second-order valence-corrected chi connectivity index (χ2v) is 8.69. The van der Waals surface area contributed by atoms with Crippen LogP contribution in [0.5, 0.6) is 0 Å². The summed E-state index contributed by atoms with van der Waals surface area (Å²) in [5.74, 6) is 0.496. The van der Waals surface area contributed by atoms with E-state index in [1.165, 1.54) is 11.6 Å². The Kier molecular flexibility index (Phi) is 4.17. The minimum absolute atomic E-state index is 0.103. The number of hydrogen-bond acceptors (Lipinski definition) is 9. The van der Waals surface area contributed by atoms with E-state index < -0.39 is 23.7 Å². The first kappa shape index (κ1) is 19.9. The highest BCUT2D eigenvalue weighted by Crippen LogP contribution is 2.68. The Morgan fingerprint density at radius 2 is 2.00 bits per heavy atom. The van der Waals surface area contributed by atoms with Crippen LogP contribution >= 0.6 is 0 Å². The van der Waals surface area contributed by atoms with Gasteiger partial charge in [0.2, 0.25) is 0 Å². The summed E-state index contributed by atoms with van der Waals surface area (Å²) >= 11 is 0. The smallest absolute Gasteiger partial charge is 0.256 e. The summed E-state index contributed by atoms with van der Waals surface area (Å²) in [6, 6.07) is 9.15. The lowest BCUT2D eigenvalue weighted by atomic mass is 9.95. The molecule has 6 rings (SSSR count). The second-order valence-electron chi connectivity index (χ2n) is 8.69. The van der Waals surface area contributed by atoms with Crippen LogP contribution in [0.3, 0.4) is 0 Å². The Bertz CT molecular complexity index is 1380.